The van der Waals surface area contributed by atoms with Crippen molar-refractivity contribution in [3.63, 3.8) is 0 Å². The topological polar surface area (TPSA) is 39.9 Å². The number of ether oxygens (including phenoxy) is 1. The van der Waals surface area contributed by atoms with Crippen molar-refractivity contribution in [2.45, 2.75) is 13.1 Å². The molecular formula is C15H12F3N3O. The Kier molecular flexibility index (Phi) is 3.48. The van der Waals surface area contributed by atoms with Crippen molar-refractivity contribution in [2.75, 3.05) is 6.61 Å². The van der Waals surface area contributed by atoms with Crippen molar-refractivity contribution >= 4 is 11.0 Å². The molecule has 0 fully saturated rings. The molecule has 3 rings (SSSR count). The SMILES string of the molecule is CCOc1nn(-c2cccc(C(F)(F)F)c2)c2ncccc12. The molecule has 0 unspecified atom stereocenters. The van der Waals surface area contributed by atoms with Gasteiger partial charge in [-0.2, -0.15) is 13.2 Å². The van der Waals surface area contributed by atoms with E-state index in [9.17, 15) is 13.2 Å². The van der Waals surface area contributed by atoms with Gasteiger partial charge in [-0.15, -0.1) is 5.10 Å². The van der Waals surface area contributed by atoms with E-state index in [0.717, 1.165) is 12.1 Å². The summed E-state index contributed by atoms with van der Waals surface area (Å²) in [4.78, 5) is 4.19. The highest BCUT2D eigenvalue weighted by atomic mass is 19.4. The number of nitrogens with zero attached hydrogens (tertiary/aromatic N) is 3. The summed E-state index contributed by atoms with van der Waals surface area (Å²) in [7, 11) is 0. The third-order valence-corrected chi connectivity index (χ3v) is 3.11. The van der Waals surface area contributed by atoms with Gasteiger partial charge in [0.15, 0.2) is 5.65 Å². The predicted molar refractivity (Wildman–Crippen MR) is 75.0 cm³/mol. The molecule has 0 aliphatic carbocycles. The van der Waals surface area contributed by atoms with Crippen molar-refractivity contribution in [2.24, 2.45) is 0 Å². The molecule has 0 aliphatic heterocycles. The largest absolute Gasteiger partial charge is 0.476 e. The van der Waals surface area contributed by atoms with Crippen LogP contribution >= 0.6 is 0 Å². The van der Waals surface area contributed by atoms with Gasteiger partial charge in [-0.25, -0.2) is 9.67 Å². The van der Waals surface area contributed by atoms with Gasteiger partial charge in [0.05, 0.1) is 23.2 Å². The second-order valence-corrected chi connectivity index (χ2v) is 4.57. The fraction of sp³-hybridized carbons (Fsp3) is 0.200. The van der Waals surface area contributed by atoms with Crippen LogP contribution in [0.4, 0.5) is 13.2 Å². The molecule has 0 bridgehead atoms. The Hall–Kier alpha value is -2.57. The summed E-state index contributed by atoms with van der Waals surface area (Å²) >= 11 is 0. The van der Waals surface area contributed by atoms with E-state index in [4.69, 9.17) is 4.74 Å². The van der Waals surface area contributed by atoms with E-state index >= 15 is 0 Å². The standard InChI is InChI=1S/C15H12F3N3O/c1-2-22-14-12-7-4-8-19-13(12)21(20-14)11-6-3-5-10(9-11)15(16,17)18/h3-9H,2H2,1H3. The van der Waals surface area contributed by atoms with Crippen LogP contribution in [0, 0.1) is 0 Å². The molecule has 4 nitrogen and oxygen atoms in total. The van der Waals surface area contributed by atoms with Crippen LogP contribution in [0.5, 0.6) is 5.88 Å². The Bertz CT molecular complexity index is 811. The molecule has 0 radical (unpaired) electrons. The van der Waals surface area contributed by atoms with Gasteiger partial charge in [0, 0.05) is 6.20 Å². The first-order valence-corrected chi connectivity index (χ1v) is 6.65. The molecule has 0 saturated heterocycles. The molecule has 7 heteroatoms. The van der Waals surface area contributed by atoms with Gasteiger partial charge in [0.1, 0.15) is 0 Å². The van der Waals surface area contributed by atoms with E-state index in [0.29, 0.717) is 23.5 Å². The summed E-state index contributed by atoms with van der Waals surface area (Å²) in [6.07, 6.45) is -2.85. The second-order valence-electron chi connectivity index (χ2n) is 4.57. The summed E-state index contributed by atoms with van der Waals surface area (Å²) in [6, 6.07) is 8.44. The van der Waals surface area contributed by atoms with Crippen LogP contribution in [0.1, 0.15) is 12.5 Å². The number of aromatic nitrogens is 3. The lowest BCUT2D eigenvalue weighted by Gasteiger charge is -2.08. The van der Waals surface area contributed by atoms with Crippen molar-refractivity contribution in [3.8, 4) is 11.6 Å². The molecule has 0 saturated carbocycles. The molecule has 0 N–H and O–H groups in total. The van der Waals surface area contributed by atoms with Crippen LogP contribution in [0.3, 0.4) is 0 Å². The van der Waals surface area contributed by atoms with E-state index < -0.39 is 11.7 Å². The van der Waals surface area contributed by atoms with Gasteiger partial charge in [0.2, 0.25) is 5.88 Å². The second kappa shape index (κ2) is 5.32. The number of hydrogen-bond donors (Lipinski definition) is 0. The van der Waals surface area contributed by atoms with Crippen LogP contribution in [-0.4, -0.2) is 21.4 Å². The van der Waals surface area contributed by atoms with E-state index in [2.05, 4.69) is 10.1 Å². The average Bonchev–Trinajstić information content (AvgIpc) is 2.86. The minimum atomic E-state index is -4.41. The molecule has 2 heterocycles. The Morgan fingerprint density at radius 3 is 2.73 bits per heavy atom. The number of benzene rings is 1. The summed E-state index contributed by atoms with van der Waals surface area (Å²) in [5.41, 5.74) is -0.00251. The molecule has 0 aliphatic rings. The van der Waals surface area contributed by atoms with Gasteiger partial charge < -0.3 is 4.74 Å². The minimum absolute atomic E-state index is 0.282. The van der Waals surface area contributed by atoms with Crippen LogP contribution in [0.25, 0.3) is 16.7 Å². The molecule has 1 aromatic carbocycles. The first kappa shape index (κ1) is 14.4. The lowest BCUT2D eigenvalue weighted by atomic mass is 10.2. The Labute approximate surface area is 124 Å². The number of rotatable bonds is 3. The molecule has 2 aromatic heterocycles. The summed E-state index contributed by atoms with van der Waals surface area (Å²) in [5.74, 6) is 0.350. The first-order chi connectivity index (χ1) is 10.5. The first-order valence-electron chi connectivity index (χ1n) is 6.65. The fourth-order valence-electron chi connectivity index (χ4n) is 2.16. The Morgan fingerprint density at radius 1 is 1.18 bits per heavy atom. The summed E-state index contributed by atoms with van der Waals surface area (Å²) in [5, 5.41) is 4.89. The van der Waals surface area contributed by atoms with Crippen LogP contribution < -0.4 is 4.74 Å². The zero-order chi connectivity index (χ0) is 15.7. The number of hydrogen-bond acceptors (Lipinski definition) is 3. The van der Waals surface area contributed by atoms with E-state index in [1.54, 1.807) is 24.4 Å². The summed E-state index contributed by atoms with van der Waals surface area (Å²) < 4.78 is 45.3. The number of alkyl halides is 3. The maximum atomic E-state index is 12.9. The number of pyridine rings is 1. The minimum Gasteiger partial charge on any atom is -0.476 e. The van der Waals surface area contributed by atoms with Gasteiger partial charge in [-0.3, -0.25) is 0 Å². The lowest BCUT2D eigenvalue weighted by molar-refractivity contribution is -0.137. The summed E-state index contributed by atoms with van der Waals surface area (Å²) in [6.45, 7) is 2.22. The highest BCUT2D eigenvalue weighted by Gasteiger charge is 2.30. The maximum absolute atomic E-state index is 12.9. The fourth-order valence-corrected chi connectivity index (χ4v) is 2.16. The molecular weight excluding hydrogens is 295 g/mol. The van der Waals surface area contributed by atoms with Crippen molar-refractivity contribution < 1.29 is 17.9 Å². The van der Waals surface area contributed by atoms with Crippen LogP contribution in [-0.2, 0) is 6.18 Å². The molecule has 0 spiro atoms. The quantitative estimate of drug-likeness (QED) is 0.738. The number of fused-ring (bicyclic) bond motifs is 1. The Balaban J connectivity index is 2.18. The molecule has 3 aromatic rings. The zero-order valence-electron chi connectivity index (χ0n) is 11.6. The van der Waals surface area contributed by atoms with Gasteiger partial charge in [0.25, 0.3) is 0 Å². The predicted octanol–water partition coefficient (Wildman–Crippen LogP) is 3.84. The van der Waals surface area contributed by atoms with Gasteiger partial charge in [-0.1, -0.05) is 6.07 Å². The molecule has 0 atom stereocenters. The third kappa shape index (κ3) is 2.49. The van der Waals surface area contributed by atoms with Crippen LogP contribution in [0.15, 0.2) is 42.6 Å². The zero-order valence-corrected chi connectivity index (χ0v) is 11.6. The van der Waals surface area contributed by atoms with Crippen LogP contribution in [0.2, 0.25) is 0 Å². The molecule has 0 amide bonds. The van der Waals surface area contributed by atoms with Gasteiger partial charge in [-0.05, 0) is 37.3 Å². The monoisotopic (exact) mass is 307 g/mol. The molecule has 22 heavy (non-hydrogen) atoms. The highest BCUT2D eigenvalue weighted by Crippen LogP contribution is 2.32. The van der Waals surface area contributed by atoms with Crippen molar-refractivity contribution in [3.05, 3.63) is 48.2 Å². The smallest absolute Gasteiger partial charge is 0.416 e. The van der Waals surface area contributed by atoms with Crippen molar-refractivity contribution in [1.29, 1.82) is 0 Å². The average molecular weight is 307 g/mol. The molecule has 114 valence electrons. The maximum Gasteiger partial charge on any atom is 0.416 e. The normalized spacial score (nSPS) is 11.8. The van der Waals surface area contributed by atoms with E-state index in [-0.39, 0.29) is 5.69 Å². The number of halogens is 3. The van der Waals surface area contributed by atoms with E-state index in [1.807, 2.05) is 6.92 Å². The third-order valence-electron chi connectivity index (χ3n) is 3.11. The highest BCUT2D eigenvalue weighted by molar-refractivity contribution is 5.82. The van der Waals surface area contributed by atoms with E-state index in [1.165, 1.54) is 10.7 Å². The lowest BCUT2D eigenvalue weighted by Crippen LogP contribution is -2.06. The van der Waals surface area contributed by atoms with Crippen molar-refractivity contribution in [1.82, 2.24) is 14.8 Å². The van der Waals surface area contributed by atoms with Gasteiger partial charge >= 0.3 is 6.18 Å². The Morgan fingerprint density at radius 2 is 2.00 bits per heavy atom.